The van der Waals surface area contributed by atoms with E-state index in [0.29, 0.717) is 0 Å². The van der Waals surface area contributed by atoms with E-state index in [1.54, 1.807) is 13.8 Å². The first-order valence-corrected chi connectivity index (χ1v) is 7.72. The van der Waals surface area contributed by atoms with E-state index in [4.69, 9.17) is 11.6 Å². The highest BCUT2D eigenvalue weighted by Crippen LogP contribution is 2.25. The quantitative estimate of drug-likeness (QED) is 0.595. The zero-order valence-electron chi connectivity index (χ0n) is 11.3. The number of nitro groups is 1. The lowest BCUT2D eigenvalue weighted by molar-refractivity contribution is -0.385. The number of carbonyl (C=O) groups is 1. The first-order chi connectivity index (χ1) is 9.63. The van der Waals surface area contributed by atoms with Gasteiger partial charge in [0.15, 0.2) is 0 Å². The van der Waals surface area contributed by atoms with Gasteiger partial charge in [-0.25, -0.2) is 13.1 Å². The van der Waals surface area contributed by atoms with Crippen LogP contribution in [0.4, 0.5) is 5.69 Å². The van der Waals surface area contributed by atoms with Gasteiger partial charge in [-0.15, -0.1) is 0 Å². The zero-order chi connectivity index (χ0) is 16.2. The fraction of sp³-hybridized carbons (Fsp3) is 0.364. The molecular formula is C11H14ClN3O5S. The van der Waals surface area contributed by atoms with Gasteiger partial charge in [0.05, 0.1) is 16.5 Å². The van der Waals surface area contributed by atoms with Crippen molar-refractivity contribution in [2.24, 2.45) is 0 Å². The number of benzene rings is 1. The van der Waals surface area contributed by atoms with Gasteiger partial charge in [-0.3, -0.25) is 14.9 Å². The Morgan fingerprint density at radius 3 is 2.57 bits per heavy atom. The molecule has 0 aliphatic rings. The number of hydrogen-bond donors (Lipinski definition) is 2. The molecule has 0 radical (unpaired) electrons. The Hall–Kier alpha value is -1.71. The topological polar surface area (TPSA) is 118 Å². The zero-order valence-corrected chi connectivity index (χ0v) is 12.9. The lowest BCUT2D eigenvalue weighted by Gasteiger charge is -2.10. The normalized spacial score (nSPS) is 11.4. The molecule has 0 bridgehead atoms. The Labute approximate surface area is 126 Å². The predicted molar refractivity (Wildman–Crippen MR) is 76.6 cm³/mol. The van der Waals surface area contributed by atoms with Crippen LogP contribution in [0.2, 0.25) is 5.02 Å². The minimum Gasteiger partial charge on any atom is -0.353 e. The number of rotatable bonds is 6. The van der Waals surface area contributed by atoms with E-state index in [9.17, 15) is 23.3 Å². The molecule has 1 rings (SSSR count). The van der Waals surface area contributed by atoms with Crippen molar-refractivity contribution in [3.63, 3.8) is 0 Å². The Kier molecular flexibility index (Phi) is 5.64. The van der Waals surface area contributed by atoms with Gasteiger partial charge >= 0.3 is 0 Å². The number of hydrogen-bond acceptors (Lipinski definition) is 5. The first-order valence-electron chi connectivity index (χ1n) is 5.86. The van der Waals surface area contributed by atoms with Crippen molar-refractivity contribution >= 4 is 33.2 Å². The van der Waals surface area contributed by atoms with Gasteiger partial charge in [-0.05, 0) is 19.9 Å². The SMILES string of the molecule is CC(C)NC(=O)CNS(=O)(=O)c1cc([N+](=O)[O-])ccc1Cl. The maximum atomic E-state index is 12.0. The molecule has 0 atom stereocenters. The molecule has 0 heterocycles. The van der Waals surface area contributed by atoms with E-state index in [2.05, 4.69) is 5.32 Å². The van der Waals surface area contributed by atoms with Gasteiger partial charge in [0.25, 0.3) is 5.69 Å². The highest BCUT2D eigenvalue weighted by atomic mass is 35.5. The lowest BCUT2D eigenvalue weighted by atomic mass is 10.3. The van der Waals surface area contributed by atoms with E-state index < -0.39 is 38.0 Å². The summed E-state index contributed by atoms with van der Waals surface area (Å²) in [6, 6.07) is 2.91. The molecule has 0 unspecified atom stereocenters. The number of halogens is 1. The van der Waals surface area contributed by atoms with E-state index in [-0.39, 0.29) is 11.1 Å². The molecule has 1 amide bonds. The Morgan fingerprint density at radius 2 is 2.05 bits per heavy atom. The van der Waals surface area contributed by atoms with Crippen LogP contribution in [0.25, 0.3) is 0 Å². The summed E-state index contributed by atoms with van der Waals surface area (Å²) in [6.45, 7) is 2.97. The second kappa shape index (κ2) is 6.83. The van der Waals surface area contributed by atoms with Crippen LogP contribution in [0.5, 0.6) is 0 Å². The van der Waals surface area contributed by atoms with E-state index in [1.807, 2.05) is 4.72 Å². The molecule has 0 spiro atoms. The lowest BCUT2D eigenvalue weighted by Crippen LogP contribution is -2.39. The van der Waals surface area contributed by atoms with E-state index in [0.717, 1.165) is 18.2 Å². The van der Waals surface area contributed by atoms with Crippen molar-refractivity contribution in [3.8, 4) is 0 Å². The molecule has 0 saturated carbocycles. The molecule has 0 fully saturated rings. The van der Waals surface area contributed by atoms with Gasteiger partial charge in [0, 0.05) is 18.2 Å². The standard InChI is InChI=1S/C11H14ClN3O5S/c1-7(2)14-11(16)6-13-21(19,20)10-5-8(15(17)18)3-4-9(10)12/h3-5,7,13H,6H2,1-2H3,(H,14,16). The van der Waals surface area contributed by atoms with Crippen molar-refractivity contribution in [2.45, 2.75) is 24.8 Å². The average Bonchev–Trinajstić information content (AvgIpc) is 2.35. The molecule has 116 valence electrons. The first kappa shape index (κ1) is 17.3. The highest BCUT2D eigenvalue weighted by molar-refractivity contribution is 7.89. The van der Waals surface area contributed by atoms with Gasteiger partial charge < -0.3 is 5.32 Å². The molecule has 1 aromatic rings. The number of non-ortho nitro benzene ring substituents is 1. The van der Waals surface area contributed by atoms with Crippen LogP contribution in [-0.2, 0) is 14.8 Å². The van der Waals surface area contributed by atoms with Crippen LogP contribution < -0.4 is 10.0 Å². The average molecular weight is 336 g/mol. The van der Waals surface area contributed by atoms with Gasteiger partial charge in [-0.1, -0.05) is 11.6 Å². The number of carbonyl (C=O) groups excluding carboxylic acids is 1. The van der Waals surface area contributed by atoms with Gasteiger partial charge in [0.1, 0.15) is 4.90 Å². The molecule has 21 heavy (non-hydrogen) atoms. The number of sulfonamides is 1. The summed E-state index contributed by atoms with van der Waals surface area (Å²) < 4.78 is 26.1. The molecule has 10 heteroatoms. The highest BCUT2D eigenvalue weighted by Gasteiger charge is 2.22. The molecular weight excluding hydrogens is 322 g/mol. The van der Waals surface area contributed by atoms with Crippen molar-refractivity contribution in [3.05, 3.63) is 33.3 Å². The number of nitro benzene ring substituents is 1. The largest absolute Gasteiger partial charge is 0.353 e. The summed E-state index contributed by atoms with van der Waals surface area (Å²) in [7, 11) is -4.13. The third kappa shape index (κ3) is 4.96. The van der Waals surface area contributed by atoms with Crippen LogP contribution in [0, 0.1) is 10.1 Å². The van der Waals surface area contributed by atoms with Crippen LogP contribution in [-0.4, -0.2) is 31.8 Å². The second-order valence-electron chi connectivity index (χ2n) is 4.42. The van der Waals surface area contributed by atoms with Gasteiger partial charge in [-0.2, -0.15) is 0 Å². The summed E-state index contributed by atoms with van der Waals surface area (Å²) in [6.07, 6.45) is 0. The molecule has 2 N–H and O–H groups in total. The number of amides is 1. The molecule has 1 aromatic carbocycles. The maximum Gasteiger partial charge on any atom is 0.270 e. The predicted octanol–water partition coefficient (Wildman–Crippen LogP) is 1.05. The van der Waals surface area contributed by atoms with Gasteiger partial charge in [0.2, 0.25) is 15.9 Å². The molecule has 8 nitrogen and oxygen atoms in total. The third-order valence-corrected chi connectivity index (χ3v) is 4.17. The fourth-order valence-corrected chi connectivity index (χ4v) is 2.92. The Balaban J connectivity index is 2.95. The Morgan fingerprint density at radius 1 is 1.43 bits per heavy atom. The van der Waals surface area contributed by atoms with Crippen molar-refractivity contribution in [1.29, 1.82) is 0 Å². The molecule has 0 aliphatic heterocycles. The van der Waals surface area contributed by atoms with Crippen molar-refractivity contribution in [1.82, 2.24) is 10.0 Å². The maximum absolute atomic E-state index is 12.0. The van der Waals surface area contributed by atoms with Crippen molar-refractivity contribution in [2.75, 3.05) is 6.54 Å². The minimum atomic E-state index is -4.13. The minimum absolute atomic E-state index is 0.136. The summed E-state index contributed by atoms with van der Waals surface area (Å²) in [5, 5.41) is 13.0. The molecule has 0 aliphatic carbocycles. The third-order valence-electron chi connectivity index (χ3n) is 2.29. The van der Waals surface area contributed by atoms with E-state index >= 15 is 0 Å². The second-order valence-corrected chi connectivity index (χ2v) is 6.56. The summed E-state index contributed by atoms with van der Waals surface area (Å²) in [4.78, 5) is 20.9. The van der Waals surface area contributed by atoms with Crippen LogP contribution >= 0.6 is 11.6 Å². The number of nitrogens with one attached hydrogen (secondary N) is 2. The van der Waals surface area contributed by atoms with Crippen LogP contribution in [0.3, 0.4) is 0 Å². The molecule has 0 saturated heterocycles. The monoisotopic (exact) mass is 335 g/mol. The summed E-state index contributed by atoms with van der Waals surface area (Å²) in [5.41, 5.74) is -0.411. The number of nitrogens with zero attached hydrogens (tertiary/aromatic N) is 1. The summed E-state index contributed by atoms with van der Waals surface area (Å²) in [5.74, 6) is -0.518. The molecule has 0 aromatic heterocycles. The van der Waals surface area contributed by atoms with Crippen LogP contribution in [0.15, 0.2) is 23.1 Å². The fourth-order valence-electron chi connectivity index (χ4n) is 1.42. The Bertz CT molecular complexity index is 660. The summed E-state index contributed by atoms with van der Waals surface area (Å²) >= 11 is 5.74. The van der Waals surface area contributed by atoms with Crippen molar-refractivity contribution < 1.29 is 18.1 Å². The van der Waals surface area contributed by atoms with Crippen LogP contribution in [0.1, 0.15) is 13.8 Å². The van der Waals surface area contributed by atoms with E-state index in [1.165, 1.54) is 0 Å². The smallest absolute Gasteiger partial charge is 0.270 e.